The van der Waals surface area contributed by atoms with Gasteiger partial charge in [0.25, 0.3) is 5.91 Å². The normalized spacial score (nSPS) is 17.8. The van der Waals surface area contributed by atoms with Gasteiger partial charge in [-0.2, -0.15) is 10.4 Å². The summed E-state index contributed by atoms with van der Waals surface area (Å²) in [6.07, 6.45) is 5.88. The van der Waals surface area contributed by atoms with E-state index in [1.165, 1.54) is 18.9 Å². The third kappa shape index (κ3) is 3.57. The molecular formula is C23H20FN5O. The number of fused-ring (bicyclic) bond motifs is 1. The van der Waals surface area contributed by atoms with E-state index in [1.54, 1.807) is 0 Å². The van der Waals surface area contributed by atoms with Crippen LogP contribution in [0.1, 0.15) is 65.0 Å². The van der Waals surface area contributed by atoms with Crippen molar-refractivity contribution in [2.24, 2.45) is 0 Å². The Hall–Kier alpha value is -3.53. The van der Waals surface area contributed by atoms with Crippen LogP contribution in [0.3, 0.4) is 0 Å². The summed E-state index contributed by atoms with van der Waals surface area (Å²) in [6, 6.07) is 11.4. The smallest absolute Gasteiger partial charge is 0.251 e. The number of hydrogen-bond acceptors (Lipinski definition) is 4. The van der Waals surface area contributed by atoms with Crippen molar-refractivity contribution in [2.75, 3.05) is 0 Å². The number of nitrogens with one attached hydrogen (secondary N) is 1. The van der Waals surface area contributed by atoms with E-state index in [4.69, 9.17) is 10.4 Å². The Morgan fingerprint density at radius 1 is 1.20 bits per heavy atom. The molecule has 1 saturated carbocycles. The molecule has 1 unspecified atom stereocenters. The first-order valence-electron chi connectivity index (χ1n) is 10.2. The zero-order chi connectivity index (χ0) is 20.7. The lowest BCUT2D eigenvalue weighted by Crippen LogP contribution is -2.32. The average molecular weight is 401 g/mol. The second-order valence-electron chi connectivity index (χ2n) is 7.93. The number of hydrogen-bond donors (Lipinski definition) is 1. The van der Waals surface area contributed by atoms with Crippen molar-refractivity contribution in [1.29, 1.82) is 5.26 Å². The summed E-state index contributed by atoms with van der Waals surface area (Å²) in [5.41, 5.74) is 4.22. The predicted octanol–water partition coefficient (Wildman–Crippen LogP) is 4.10. The molecule has 3 heterocycles. The summed E-state index contributed by atoms with van der Waals surface area (Å²) in [5.74, 6) is -0.426. The molecule has 0 bridgehead atoms. The van der Waals surface area contributed by atoms with Gasteiger partial charge in [0.2, 0.25) is 0 Å². The van der Waals surface area contributed by atoms with Gasteiger partial charge >= 0.3 is 0 Å². The fourth-order valence-corrected chi connectivity index (χ4v) is 4.01. The highest BCUT2D eigenvalue weighted by atomic mass is 19.1. The highest BCUT2D eigenvalue weighted by Gasteiger charge is 2.27. The molecule has 0 saturated heterocycles. The number of carbonyl (C=O) groups is 1. The van der Waals surface area contributed by atoms with Crippen molar-refractivity contribution in [3.8, 4) is 17.3 Å². The standard InChI is InChI=1S/C23H20FN5O/c24-18-9-14(13-25)8-17(10-18)23(30)27-19-2-1-7-29-22(19)12-21(28-29)16-5-6-26-20(11-16)15-3-4-15/h5-6,8-12,15,19H,1-4,7H2,(H,27,30). The van der Waals surface area contributed by atoms with Gasteiger partial charge in [-0.15, -0.1) is 0 Å². The average Bonchev–Trinajstić information content (AvgIpc) is 3.52. The van der Waals surface area contributed by atoms with Crippen LogP contribution in [-0.2, 0) is 6.54 Å². The van der Waals surface area contributed by atoms with E-state index in [0.29, 0.717) is 5.92 Å². The third-order valence-corrected chi connectivity index (χ3v) is 5.70. The topological polar surface area (TPSA) is 83.6 Å². The fraction of sp³-hybridized carbons (Fsp3) is 0.304. The van der Waals surface area contributed by atoms with Crippen LogP contribution in [0.25, 0.3) is 11.3 Å². The monoisotopic (exact) mass is 401 g/mol. The molecule has 30 heavy (non-hydrogen) atoms. The first-order chi connectivity index (χ1) is 14.6. The molecule has 1 fully saturated rings. The van der Waals surface area contributed by atoms with Crippen molar-refractivity contribution in [2.45, 2.75) is 44.2 Å². The van der Waals surface area contributed by atoms with Crippen molar-refractivity contribution in [3.63, 3.8) is 0 Å². The number of aryl methyl sites for hydroxylation is 1. The highest BCUT2D eigenvalue weighted by molar-refractivity contribution is 5.94. The van der Waals surface area contributed by atoms with Crippen LogP contribution in [0.2, 0.25) is 0 Å². The molecule has 1 aliphatic carbocycles. The van der Waals surface area contributed by atoms with Crippen LogP contribution in [0.15, 0.2) is 42.6 Å². The SMILES string of the molecule is N#Cc1cc(F)cc(C(=O)NC2CCCn3nc(-c4ccnc(C5CC5)c4)cc32)c1. The summed E-state index contributed by atoms with van der Waals surface area (Å²) in [7, 11) is 0. The van der Waals surface area contributed by atoms with Gasteiger partial charge in [-0.25, -0.2) is 4.39 Å². The fourth-order valence-electron chi connectivity index (χ4n) is 4.01. The first-order valence-corrected chi connectivity index (χ1v) is 10.2. The first kappa shape index (κ1) is 18.5. The van der Waals surface area contributed by atoms with E-state index in [1.807, 2.05) is 29.1 Å². The van der Waals surface area contributed by atoms with E-state index in [2.05, 4.69) is 16.4 Å². The van der Waals surface area contributed by atoms with Gasteiger partial charge in [0.1, 0.15) is 5.82 Å². The Kier molecular flexibility index (Phi) is 4.55. The minimum atomic E-state index is -0.598. The summed E-state index contributed by atoms with van der Waals surface area (Å²) >= 11 is 0. The molecule has 3 aromatic rings. The Morgan fingerprint density at radius 2 is 2.07 bits per heavy atom. The minimum Gasteiger partial charge on any atom is -0.344 e. The lowest BCUT2D eigenvalue weighted by Gasteiger charge is -2.24. The molecule has 7 heteroatoms. The summed E-state index contributed by atoms with van der Waals surface area (Å²) < 4.78 is 15.7. The van der Waals surface area contributed by atoms with Gasteiger partial charge in [0, 0.05) is 35.5 Å². The molecule has 5 rings (SSSR count). The number of pyridine rings is 1. The second kappa shape index (κ2) is 7.38. The predicted molar refractivity (Wildman–Crippen MR) is 108 cm³/mol. The lowest BCUT2D eigenvalue weighted by molar-refractivity contribution is 0.0928. The number of nitriles is 1. The van der Waals surface area contributed by atoms with Gasteiger partial charge in [-0.05, 0) is 62.1 Å². The Balaban J connectivity index is 1.41. The second-order valence-corrected chi connectivity index (χ2v) is 7.93. The van der Waals surface area contributed by atoms with Crippen LogP contribution >= 0.6 is 0 Å². The van der Waals surface area contributed by atoms with Gasteiger partial charge in [0.05, 0.1) is 29.1 Å². The van der Waals surface area contributed by atoms with Crippen LogP contribution in [0, 0.1) is 17.1 Å². The molecule has 150 valence electrons. The van der Waals surface area contributed by atoms with Crippen molar-refractivity contribution in [1.82, 2.24) is 20.1 Å². The van der Waals surface area contributed by atoms with E-state index in [9.17, 15) is 9.18 Å². The number of rotatable bonds is 4. The maximum atomic E-state index is 13.7. The van der Waals surface area contributed by atoms with Gasteiger partial charge in [-0.1, -0.05) is 0 Å². The molecule has 1 aromatic carbocycles. The van der Waals surface area contributed by atoms with E-state index in [0.717, 1.165) is 54.2 Å². The molecule has 0 radical (unpaired) electrons. The number of aromatic nitrogens is 3. The van der Waals surface area contributed by atoms with Crippen LogP contribution < -0.4 is 5.32 Å². The summed E-state index contributed by atoms with van der Waals surface area (Å²) in [4.78, 5) is 17.2. The van der Waals surface area contributed by atoms with Gasteiger partial charge in [-0.3, -0.25) is 14.5 Å². The molecule has 2 aliphatic rings. The largest absolute Gasteiger partial charge is 0.344 e. The molecular weight excluding hydrogens is 381 g/mol. The van der Waals surface area contributed by atoms with Gasteiger partial charge < -0.3 is 5.32 Å². The summed E-state index contributed by atoms with van der Waals surface area (Å²) in [5, 5.41) is 16.8. The lowest BCUT2D eigenvalue weighted by atomic mass is 10.0. The number of halogens is 1. The Bertz CT molecular complexity index is 1170. The van der Waals surface area contributed by atoms with E-state index >= 15 is 0 Å². The number of carbonyl (C=O) groups excluding carboxylic acids is 1. The Labute approximate surface area is 173 Å². The maximum Gasteiger partial charge on any atom is 0.251 e. The molecule has 2 aromatic heterocycles. The van der Waals surface area contributed by atoms with Crippen LogP contribution in [0.4, 0.5) is 4.39 Å². The van der Waals surface area contributed by atoms with Gasteiger partial charge in [0.15, 0.2) is 0 Å². The van der Waals surface area contributed by atoms with Crippen molar-refractivity contribution < 1.29 is 9.18 Å². The molecule has 1 amide bonds. The molecule has 1 atom stereocenters. The molecule has 1 N–H and O–H groups in total. The Morgan fingerprint density at radius 3 is 2.87 bits per heavy atom. The molecule has 6 nitrogen and oxygen atoms in total. The van der Waals surface area contributed by atoms with E-state index in [-0.39, 0.29) is 17.2 Å². The van der Waals surface area contributed by atoms with Crippen molar-refractivity contribution >= 4 is 5.91 Å². The zero-order valence-electron chi connectivity index (χ0n) is 16.3. The number of benzene rings is 1. The minimum absolute atomic E-state index is 0.125. The summed E-state index contributed by atoms with van der Waals surface area (Å²) in [6.45, 7) is 0.792. The number of amides is 1. The molecule has 1 aliphatic heterocycles. The third-order valence-electron chi connectivity index (χ3n) is 5.70. The van der Waals surface area contributed by atoms with Crippen molar-refractivity contribution in [3.05, 3.63) is 70.9 Å². The zero-order valence-corrected chi connectivity index (χ0v) is 16.3. The van der Waals surface area contributed by atoms with E-state index < -0.39 is 11.7 Å². The maximum absolute atomic E-state index is 13.7. The molecule has 0 spiro atoms. The number of nitrogens with zero attached hydrogens (tertiary/aromatic N) is 4. The highest BCUT2D eigenvalue weighted by Crippen LogP contribution is 2.40. The van der Waals surface area contributed by atoms with Crippen LogP contribution in [-0.4, -0.2) is 20.7 Å². The quantitative estimate of drug-likeness (QED) is 0.713. The van der Waals surface area contributed by atoms with Crippen LogP contribution in [0.5, 0.6) is 0 Å².